The topological polar surface area (TPSA) is 41.6 Å². The third kappa shape index (κ3) is 2.37. The molecule has 0 fully saturated rings. The van der Waals surface area contributed by atoms with Crippen molar-refractivity contribution < 1.29 is 64.3 Å². The minimum atomic E-state index is -4.97. The summed E-state index contributed by atoms with van der Waals surface area (Å²) in [7, 11) is 0. The molecule has 2 heterocycles. The van der Waals surface area contributed by atoms with Gasteiger partial charge in [0, 0.05) is 11.6 Å². The standard InChI is InChI=1S/C6H4BF3N3.K/c8-7(9,10)5-1-4-2-12-13-6(4)11-3-5;/h1-3H,(H,11,12,13);/q-1;+1. The zero-order valence-electron chi connectivity index (χ0n) is 7.34. The summed E-state index contributed by atoms with van der Waals surface area (Å²) >= 11 is 0. The SMILES string of the molecule is F[B-](F)(F)c1cnc2[nH]ncc2c1.[K+]. The summed E-state index contributed by atoms with van der Waals surface area (Å²) in [6.07, 6.45) is 2.12. The number of nitrogens with one attached hydrogen (secondary N) is 1. The molecule has 14 heavy (non-hydrogen) atoms. The molecule has 2 aromatic rings. The second-order valence-corrected chi connectivity index (χ2v) is 2.65. The van der Waals surface area contributed by atoms with Gasteiger partial charge in [-0.3, -0.25) is 5.10 Å². The van der Waals surface area contributed by atoms with Gasteiger partial charge in [0.05, 0.1) is 6.20 Å². The van der Waals surface area contributed by atoms with Crippen LogP contribution < -0.4 is 56.8 Å². The van der Waals surface area contributed by atoms with E-state index in [4.69, 9.17) is 0 Å². The van der Waals surface area contributed by atoms with Crippen LogP contribution in [0.5, 0.6) is 0 Å². The number of aromatic nitrogens is 3. The fourth-order valence-corrected chi connectivity index (χ4v) is 1.03. The first kappa shape index (κ1) is 12.2. The molecular weight excluding hydrogens is 221 g/mol. The van der Waals surface area contributed by atoms with E-state index < -0.39 is 12.4 Å². The molecule has 0 saturated carbocycles. The van der Waals surface area contributed by atoms with E-state index in [0.29, 0.717) is 11.0 Å². The van der Waals surface area contributed by atoms with Crippen molar-refractivity contribution in [2.24, 2.45) is 0 Å². The smallest absolute Gasteiger partial charge is 0.445 e. The van der Waals surface area contributed by atoms with Gasteiger partial charge in [0.15, 0.2) is 5.65 Å². The monoisotopic (exact) mass is 225 g/mol. The molecule has 1 N–H and O–H groups in total. The fraction of sp³-hybridized carbons (Fsp3) is 0. The van der Waals surface area contributed by atoms with Crippen molar-refractivity contribution in [1.29, 1.82) is 0 Å². The molecule has 68 valence electrons. The molecule has 2 aromatic heterocycles. The van der Waals surface area contributed by atoms with E-state index in [9.17, 15) is 12.9 Å². The van der Waals surface area contributed by atoms with Crippen molar-refractivity contribution in [1.82, 2.24) is 15.2 Å². The summed E-state index contributed by atoms with van der Waals surface area (Å²) in [4.78, 5) is 3.59. The molecule has 0 aliphatic carbocycles. The van der Waals surface area contributed by atoms with Crippen LogP contribution >= 0.6 is 0 Å². The molecule has 3 nitrogen and oxygen atoms in total. The predicted octanol–water partition coefficient (Wildman–Crippen LogP) is -1.98. The average molecular weight is 225 g/mol. The van der Waals surface area contributed by atoms with E-state index in [2.05, 4.69) is 15.2 Å². The molecular formula is C6H4BF3KN3. The van der Waals surface area contributed by atoms with Crippen molar-refractivity contribution in [2.45, 2.75) is 0 Å². The maximum Gasteiger partial charge on any atom is 1.00 e. The van der Waals surface area contributed by atoms with E-state index in [1.165, 1.54) is 6.20 Å². The Morgan fingerprint density at radius 2 is 1.93 bits per heavy atom. The molecule has 0 atom stereocenters. The van der Waals surface area contributed by atoms with Gasteiger partial charge in [0.1, 0.15) is 0 Å². The van der Waals surface area contributed by atoms with E-state index in [1.54, 1.807) is 0 Å². The van der Waals surface area contributed by atoms with Gasteiger partial charge in [0.25, 0.3) is 0 Å². The van der Waals surface area contributed by atoms with Gasteiger partial charge < -0.3 is 12.9 Å². The Morgan fingerprint density at radius 1 is 1.21 bits per heavy atom. The van der Waals surface area contributed by atoms with Crippen molar-refractivity contribution in [3.63, 3.8) is 0 Å². The molecule has 0 unspecified atom stereocenters. The van der Waals surface area contributed by atoms with Gasteiger partial charge in [-0.25, -0.2) is 4.98 Å². The number of nitrogens with zero attached hydrogens (tertiary/aromatic N) is 2. The van der Waals surface area contributed by atoms with Gasteiger partial charge in [-0.05, 0) is 0 Å². The normalized spacial score (nSPS) is 11.4. The number of pyridine rings is 1. The van der Waals surface area contributed by atoms with Gasteiger partial charge in [-0.15, -0.1) is 0 Å². The van der Waals surface area contributed by atoms with Crippen LogP contribution in [0.3, 0.4) is 0 Å². The summed E-state index contributed by atoms with van der Waals surface area (Å²) in [5.74, 6) is 0. The molecule has 0 aromatic carbocycles. The molecule has 0 aliphatic heterocycles. The second kappa shape index (κ2) is 4.32. The predicted molar refractivity (Wildman–Crippen MR) is 42.6 cm³/mol. The molecule has 8 heteroatoms. The first-order valence-electron chi connectivity index (χ1n) is 3.56. The number of H-pyrrole nitrogens is 1. The molecule has 0 aliphatic rings. The minimum absolute atomic E-state index is 0. The van der Waals surface area contributed by atoms with Gasteiger partial charge in [-0.2, -0.15) is 5.10 Å². The van der Waals surface area contributed by atoms with Crippen molar-refractivity contribution >= 4 is 23.5 Å². The third-order valence-electron chi connectivity index (χ3n) is 1.69. The van der Waals surface area contributed by atoms with Gasteiger partial charge in [-0.1, -0.05) is 11.5 Å². The fourth-order valence-electron chi connectivity index (χ4n) is 1.03. The van der Waals surface area contributed by atoms with E-state index in [0.717, 1.165) is 12.3 Å². The van der Waals surface area contributed by atoms with E-state index >= 15 is 0 Å². The third-order valence-corrected chi connectivity index (χ3v) is 1.69. The van der Waals surface area contributed by atoms with Gasteiger partial charge in [0.2, 0.25) is 0 Å². The molecule has 2 rings (SSSR count). The Kier molecular flexibility index (Phi) is 3.75. The zero-order valence-corrected chi connectivity index (χ0v) is 10.5. The maximum atomic E-state index is 12.2. The van der Waals surface area contributed by atoms with Crippen molar-refractivity contribution in [3.05, 3.63) is 18.5 Å². The summed E-state index contributed by atoms with van der Waals surface area (Å²) in [6.45, 7) is -4.97. The van der Waals surface area contributed by atoms with Crippen molar-refractivity contribution in [2.75, 3.05) is 0 Å². The molecule has 0 spiro atoms. The number of rotatable bonds is 1. The largest absolute Gasteiger partial charge is 1.00 e. The zero-order chi connectivity index (χ0) is 9.47. The number of hydrogen-bond donors (Lipinski definition) is 1. The van der Waals surface area contributed by atoms with Crippen LogP contribution in [-0.4, -0.2) is 22.2 Å². The number of aromatic amines is 1. The average Bonchev–Trinajstić information content (AvgIpc) is 2.47. The summed E-state index contributed by atoms with van der Waals surface area (Å²) < 4.78 is 36.6. The Hall–Kier alpha value is 0.111. The maximum absolute atomic E-state index is 12.2. The van der Waals surface area contributed by atoms with Crippen LogP contribution in [0.4, 0.5) is 12.9 Å². The number of fused-ring (bicyclic) bond motifs is 1. The van der Waals surface area contributed by atoms with Crippen LogP contribution in [-0.2, 0) is 0 Å². The van der Waals surface area contributed by atoms with Crippen LogP contribution in [0.25, 0.3) is 11.0 Å². The van der Waals surface area contributed by atoms with E-state index in [-0.39, 0.29) is 51.4 Å². The number of hydrogen-bond acceptors (Lipinski definition) is 2. The van der Waals surface area contributed by atoms with Crippen LogP contribution in [0.15, 0.2) is 18.5 Å². The second-order valence-electron chi connectivity index (χ2n) is 2.65. The minimum Gasteiger partial charge on any atom is -0.445 e. The molecule has 0 saturated heterocycles. The Bertz CT molecular complexity index is 441. The Morgan fingerprint density at radius 3 is 2.57 bits per heavy atom. The quantitative estimate of drug-likeness (QED) is 0.571. The molecule has 0 radical (unpaired) electrons. The summed E-state index contributed by atoms with van der Waals surface area (Å²) in [5.41, 5.74) is -0.335. The van der Waals surface area contributed by atoms with Crippen LogP contribution in [0, 0.1) is 0 Å². The summed E-state index contributed by atoms with van der Waals surface area (Å²) in [5, 5.41) is 6.43. The molecule has 0 bridgehead atoms. The van der Waals surface area contributed by atoms with Crippen molar-refractivity contribution in [3.8, 4) is 0 Å². The van der Waals surface area contributed by atoms with E-state index in [1.807, 2.05) is 0 Å². The number of halogens is 3. The summed E-state index contributed by atoms with van der Waals surface area (Å²) in [6, 6.07) is 1.03. The Balaban J connectivity index is 0.000000980. The van der Waals surface area contributed by atoms with Crippen LogP contribution in [0.2, 0.25) is 0 Å². The van der Waals surface area contributed by atoms with Crippen LogP contribution in [0.1, 0.15) is 0 Å². The first-order chi connectivity index (χ1) is 6.07. The molecule has 0 amide bonds. The van der Waals surface area contributed by atoms with Gasteiger partial charge >= 0.3 is 58.4 Å². The first-order valence-corrected chi connectivity index (χ1v) is 3.56. The Labute approximate surface area is 120 Å².